The molecule has 3 N–H and O–H groups in total. The van der Waals surface area contributed by atoms with Crippen molar-refractivity contribution in [2.75, 3.05) is 58.7 Å². The molecule has 1 saturated heterocycles. The van der Waals surface area contributed by atoms with Gasteiger partial charge in [-0.2, -0.15) is 0 Å². The van der Waals surface area contributed by atoms with E-state index >= 15 is 0 Å². The molecule has 1 aliphatic heterocycles. The van der Waals surface area contributed by atoms with Crippen molar-refractivity contribution in [3.05, 3.63) is 42.6 Å². The van der Waals surface area contributed by atoms with E-state index in [-0.39, 0.29) is 6.03 Å². The number of pyridine rings is 1. The standard InChI is InChI=1S/C22H28N6O2/c1-27-11-13-28(14-12-27)10-9-23-22(29)26-20-8-7-17-18(15-24-21(17)25-20)16-5-3-4-6-19(16)30-2/h3-8,15H,9-14H2,1-2H3,(H3,23,24,25,26,29). The summed E-state index contributed by atoms with van der Waals surface area (Å²) in [4.78, 5) is 24.6. The van der Waals surface area contributed by atoms with Crippen molar-refractivity contribution in [1.82, 2.24) is 25.1 Å². The van der Waals surface area contributed by atoms with Crippen LogP contribution in [0.4, 0.5) is 10.6 Å². The van der Waals surface area contributed by atoms with Crippen molar-refractivity contribution in [3.63, 3.8) is 0 Å². The topological polar surface area (TPSA) is 85.5 Å². The lowest BCUT2D eigenvalue weighted by atomic mass is 10.0. The van der Waals surface area contributed by atoms with Crippen LogP contribution >= 0.6 is 0 Å². The van der Waals surface area contributed by atoms with Gasteiger partial charge in [-0.3, -0.25) is 10.2 Å². The Hall–Kier alpha value is -3.10. The Morgan fingerprint density at radius 2 is 1.93 bits per heavy atom. The predicted octanol–water partition coefficient (Wildman–Crippen LogP) is 2.61. The number of likely N-dealkylation sites (N-methyl/N-ethyl adjacent to an activating group) is 1. The molecule has 158 valence electrons. The highest BCUT2D eigenvalue weighted by molar-refractivity contribution is 5.97. The second-order valence-corrected chi connectivity index (χ2v) is 7.52. The lowest BCUT2D eigenvalue weighted by Gasteiger charge is -2.32. The number of ether oxygens (including phenoxy) is 1. The minimum absolute atomic E-state index is 0.243. The molecular formula is C22H28N6O2. The normalized spacial score (nSPS) is 15.3. The third kappa shape index (κ3) is 4.55. The number of aromatic amines is 1. The van der Waals surface area contributed by atoms with Crippen molar-refractivity contribution in [1.29, 1.82) is 0 Å². The third-order valence-electron chi connectivity index (χ3n) is 5.49. The SMILES string of the molecule is COc1ccccc1-c1c[nH]c2nc(NC(=O)NCCN3CCN(C)CC3)ccc12. The van der Waals surface area contributed by atoms with Crippen LogP contribution in [-0.2, 0) is 0 Å². The van der Waals surface area contributed by atoms with Crippen LogP contribution in [0.15, 0.2) is 42.6 Å². The molecule has 0 bridgehead atoms. The molecule has 0 spiro atoms. The lowest BCUT2D eigenvalue weighted by Crippen LogP contribution is -2.47. The van der Waals surface area contributed by atoms with E-state index in [1.165, 1.54) is 0 Å². The first-order valence-corrected chi connectivity index (χ1v) is 10.2. The lowest BCUT2D eigenvalue weighted by molar-refractivity contribution is 0.155. The highest BCUT2D eigenvalue weighted by Gasteiger charge is 2.14. The van der Waals surface area contributed by atoms with Gasteiger partial charge >= 0.3 is 6.03 Å². The molecule has 8 nitrogen and oxygen atoms in total. The highest BCUT2D eigenvalue weighted by Crippen LogP contribution is 2.34. The van der Waals surface area contributed by atoms with Gasteiger partial charge in [-0.05, 0) is 25.2 Å². The number of nitrogens with one attached hydrogen (secondary N) is 3. The summed E-state index contributed by atoms with van der Waals surface area (Å²) in [6.45, 7) is 5.69. The number of amides is 2. The Labute approximate surface area is 176 Å². The maximum atomic E-state index is 12.2. The Bertz CT molecular complexity index is 1010. The Morgan fingerprint density at radius 1 is 1.13 bits per heavy atom. The number of aromatic nitrogens is 2. The first-order chi connectivity index (χ1) is 14.6. The number of nitrogens with zero attached hydrogens (tertiary/aromatic N) is 3. The molecule has 8 heteroatoms. The van der Waals surface area contributed by atoms with E-state index in [2.05, 4.69) is 37.4 Å². The van der Waals surface area contributed by atoms with Gasteiger partial charge < -0.3 is 19.9 Å². The van der Waals surface area contributed by atoms with E-state index in [1.54, 1.807) is 7.11 Å². The van der Waals surface area contributed by atoms with E-state index in [9.17, 15) is 4.79 Å². The molecule has 30 heavy (non-hydrogen) atoms. The summed E-state index contributed by atoms with van der Waals surface area (Å²) < 4.78 is 5.48. The van der Waals surface area contributed by atoms with E-state index in [4.69, 9.17) is 4.74 Å². The molecule has 0 unspecified atom stereocenters. The second-order valence-electron chi connectivity index (χ2n) is 7.52. The number of benzene rings is 1. The van der Waals surface area contributed by atoms with E-state index < -0.39 is 0 Å². The number of para-hydroxylation sites is 1. The minimum atomic E-state index is -0.243. The average Bonchev–Trinajstić information content (AvgIpc) is 3.18. The van der Waals surface area contributed by atoms with Gasteiger partial charge in [0, 0.05) is 62.0 Å². The summed E-state index contributed by atoms with van der Waals surface area (Å²) in [5.74, 6) is 1.31. The van der Waals surface area contributed by atoms with Crippen molar-refractivity contribution in [2.24, 2.45) is 0 Å². The number of hydrogen-bond acceptors (Lipinski definition) is 5. The largest absolute Gasteiger partial charge is 0.496 e. The van der Waals surface area contributed by atoms with Crippen LogP contribution in [0.5, 0.6) is 5.75 Å². The molecule has 2 aromatic heterocycles. The van der Waals surface area contributed by atoms with E-state index in [1.807, 2.05) is 42.6 Å². The van der Waals surface area contributed by atoms with Crippen molar-refractivity contribution in [2.45, 2.75) is 0 Å². The van der Waals surface area contributed by atoms with E-state index in [0.717, 1.165) is 55.0 Å². The van der Waals surface area contributed by atoms with Crippen molar-refractivity contribution >= 4 is 22.9 Å². The molecule has 3 heterocycles. The number of anilines is 1. The van der Waals surface area contributed by atoms with Gasteiger partial charge in [-0.1, -0.05) is 18.2 Å². The summed E-state index contributed by atoms with van der Waals surface area (Å²) in [5, 5.41) is 6.70. The van der Waals surface area contributed by atoms with Crippen molar-refractivity contribution in [3.8, 4) is 16.9 Å². The monoisotopic (exact) mass is 408 g/mol. The zero-order valence-electron chi connectivity index (χ0n) is 17.4. The van der Waals surface area contributed by atoms with Gasteiger partial charge in [-0.15, -0.1) is 0 Å². The van der Waals surface area contributed by atoms with Crippen LogP contribution in [0.1, 0.15) is 0 Å². The Kier molecular flexibility index (Phi) is 6.15. The van der Waals surface area contributed by atoms with Gasteiger partial charge in [0.05, 0.1) is 7.11 Å². The number of carbonyl (C=O) groups excluding carboxylic acids is 1. The van der Waals surface area contributed by atoms with Crippen molar-refractivity contribution < 1.29 is 9.53 Å². The number of methoxy groups -OCH3 is 1. The fraction of sp³-hybridized carbons (Fsp3) is 0.364. The predicted molar refractivity (Wildman–Crippen MR) is 119 cm³/mol. The van der Waals surface area contributed by atoms with Crippen LogP contribution in [0.3, 0.4) is 0 Å². The molecule has 1 aliphatic rings. The summed E-state index contributed by atoms with van der Waals surface area (Å²) in [6.07, 6.45) is 1.91. The average molecular weight is 409 g/mol. The number of H-pyrrole nitrogens is 1. The molecule has 1 aromatic carbocycles. The summed E-state index contributed by atoms with van der Waals surface area (Å²) in [6, 6.07) is 11.4. The van der Waals surface area contributed by atoms with Crippen LogP contribution < -0.4 is 15.4 Å². The van der Waals surface area contributed by atoms with Gasteiger partial charge in [-0.25, -0.2) is 9.78 Å². The molecule has 2 amide bonds. The number of fused-ring (bicyclic) bond motifs is 1. The van der Waals surface area contributed by atoms with Gasteiger partial charge in [0.1, 0.15) is 17.2 Å². The second kappa shape index (κ2) is 9.15. The number of urea groups is 1. The number of carbonyl (C=O) groups is 1. The van der Waals surface area contributed by atoms with Crippen LogP contribution in [0.25, 0.3) is 22.2 Å². The maximum absolute atomic E-state index is 12.2. The summed E-state index contributed by atoms with van der Waals surface area (Å²) >= 11 is 0. The zero-order chi connectivity index (χ0) is 20.9. The molecule has 3 aromatic rings. The first kappa shape index (κ1) is 20.2. The maximum Gasteiger partial charge on any atom is 0.320 e. The molecule has 0 atom stereocenters. The molecule has 4 rings (SSSR count). The molecule has 0 saturated carbocycles. The van der Waals surface area contributed by atoms with Crippen LogP contribution in [-0.4, -0.2) is 79.2 Å². The first-order valence-electron chi connectivity index (χ1n) is 10.2. The smallest absolute Gasteiger partial charge is 0.320 e. The molecule has 1 fully saturated rings. The highest BCUT2D eigenvalue weighted by atomic mass is 16.5. The zero-order valence-corrected chi connectivity index (χ0v) is 17.4. The number of rotatable bonds is 6. The van der Waals surface area contributed by atoms with E-state index in [0.29, 0.717) is 18.0 Å². The minimum Gasteiger partial charge on any atom is -0.496 e. The van der Waals surface area contributed by atoms with Gasteiger partial charge in [0.2, 0.25) is 0 Å². The quantitative estimate of drug-likeness (QED) is 0.584. The molecule has 0 aliphatic carbocycles. The van der Waals surface area contributed by atoms with Crippen LogP contribution in [0, 0.1) is 0 Å². The summed E-state index contributed by atoms with van der Waals surface area (Å²) in [7, 11) is 3.80. The Balaban J connectivity index is 1.37. The van der Waals surface area contributed by atoms with Gasteiger partial charge in [0.15, 0.2) is 0 Å². The third-order valence-corrected chi connectivity index (χ3v) is 5.49. The fourth-order valence-electron chi connectivity index (χ4n) is 3.72. The Morgan fingerprint density at radius 3 is 2.73 bits per heavy atom. The molecular weight excluding hydrogens is 380 g/mol. The fourth-order valence-corrected chi connectivity index (χ4v) is 3.72. The number of piperazine rings is 1. The molecule has 0 radical (unpaired) electrons. The van der Waals surface area contributed by atoms with Crippen LogP contribution in [0.2, 0.25) is 0 Å². The van der Waals surface area contributed by atoms with Gasteiger partial charge in [0.25, 0.3) is 0 Å². The number of hydrogen-bond donors (Lipinski definition) is 3. The summed E-state index contributed by atoms with van der Waals surface area (Å²) in [5.41, 5.74) is 2.72.